The van der Waals surface area contributed by atoms with Gasteiger partial charge in [-0.15, -0.1) is 0 Å². The summed E-state index contributed by atoms with van der Waals surface area (Å²) < 4.78 is 5.32. The van der Waals surface area contributed by atoms with E-state index in [0.29, 0.717) is 11.1 Å². The predicted octanol–water partition coefficient (Wildman–Crippen LogP) is 2.91. The number of nitriles is 1. The number of nitrogens with two attached hydrogens (primary N) is 1. The van der Waals surface area contributed by atoms with Crippen molar-refractivity contribution in [3.63, 3.8) is 0 Å². The summed E-state index contributed by atoms with van der Waals surface area (Å²) in [5, 5.41) is 17.7. The highest BCUT2D eigenvalue weighted by Gasteiger charge is 2.24. The number of nitrogens with zero attached hydrogens (tertiary/aromatic N) is 2. The van der Waals surface area contributed by atoms with Crippen LogP contribution in [0.15, 0.2) is 29.1 Å². The Morgan fingerprint density at radius 1 is 1.20 bits per heavy atom. The van der Waals surface area contributed by atoms with Crippen molar-refractivity contribution in [1.29, 1.82) is 5.26 Å². The van der Waals surface area contributed by atoms with Crippen molar-refractivity contribution in [2.45, 2.75) is 63.6 Å². The smallest absolute Gasteiger partial charge is 0.347 e. The third-order valence-corrected chi connectivity index (χ3v) is 5.32. The first kappa shape index (κ1) is 21.5. The van der Waals surface area contributed by atoms with Crippen molar-refractivity contribution in [3.05, 3.63) is 45.7 Å². The molecule has 4 N–H and O–H groups in total. The maximum Gasteiger partial charge on any atom is 0.347 e. The molecule has 158 valence electrons. The van der Waals surface area contributed by atoms with Gasteiger partial charge in [0.05, 0.1) is 17.7 Å². The molecule has 30 heavy (non-hydrogen) atoms. The summed E-state index contributed by atoms with van der Waals surface area (Å²) in [4.78, 5) is 31.1. The fourth-order valence-corrected chi connectivity index (χ4v) is 3.68. The van der Waals surface area contributed by atoms with E-state index < -0.39 is 11.5 Å². The lowest BCUT2D eigenvalue weighted by molar-refractivity contribution is 0.0316. The minimum Gasteiger partial charge on any atom is -0.459 e. The van der Waals surface area contributed by atoms with Crippen LogP contribution in [0.1, 0.15) is 67.3 Å². The molecule has 2 aliphatic carbocycles. The molecular weight excluding hydrogens is 384 g/mol. The number of aliphatic hydroxyl groups excluding tert-OH is 1. The number of nitrogens with one attached hydrogen (secondary N) is 1. The second kappa shape index (κ2) is 10.0. The van der Waals surface area contributed by atoms with Crippen molar-refractivity contribution in [3.8, 4) is 17.5 Å². The number of esters is 1. The quantitative estimate of drug-likeness (QED) is 0.660. The first-order chi connectivity index (χ1) is 14.5. The van der Waals surface area contributed by atoms with E-state index in [1.807, 2.05) is 6.07 Å². The average molecular weight is 410 g/mol. The Morgan fingerprint density at radius 3 is 2.43 bits per heavy atom. The van der Waals surface area contributed by atoms with Gasteiger partial charge in [0.15, 0.2) is 5.56 Å². The minimum absolute atomic E-state index is 0.0463. The molecule has 0 atom stereocenters. The maximum atomic E-state index is 12.3. The number of aromatic amines is 1. The molecule has 4 rings (SSSR count). The summed E-state index contributed by atoms with van der Waals surface area (Å²) in [5.41, 5.74) is 5.85. The zero-order valence-corrected chi connectivity index (χ0v) is 16.8. The summed E-state index contributed by atoms with van der Waals surface area (Å²) in [6, 6.07) is 8.59. The molecule has 8 nitrogen and oxygen atoms in total. The largest absolute Gasteiger partial charge is 0.459 e. The Labute approximate surface area is 174 Å². The number of carbonyl (C=O) groups excluding carboxylic acids is 1. The van der Waals surface area contributed by atoms with E-state index in [-0.39, 0.29) is 29.4 Å². The van der Waals surface area contributed by atoms with E-state index in [2.05, 4.69) is 9.97 Å². The first-order valence-electron chi connectivity index (χ1n) is 10.3. The molecule has 8 heteroatoms. The highest BCUT2D eigenvalue weighted by molar-refractivity contribution is 5.94. The molecule has 2 aromatic rings. The van der Waals surface area contributed by atoms with Gasteiger partial charge in [0, 0.05) is 5.56 Å². The fourth-order valence-electron chi connectivity index (χ4n) is 3.68. The van der Waals surface area contributed by atoms with E-state index in [9.17, 15) is 9.59 Å². The Hall–Kier alpha value is -3.18. The van der Waals surface area contributed by atoms with Gasteiger partial charge >= 0.3 is 5.97 Å². The highest BCUT2D eigenvalue weighted by atomic mass is 16.5. The Bertz CT molecular complexity index is 983. The molecule has 2 aliphatic rings. The van der Waals surface area contributed by atoms with E-state index in [1.54, 1.807) is 24.3 Å². The molecule has 2 fully saturated rings. The van der Waals surface area contributed by atoms with Crippen LogP contribution < -0.4 is 11.3 Å². The van der Waals surface area contributed by atoms with Gasteiger partial charge in [0.1, 0.15) is 17.7 Å². The van der Waals surface area contributed by atoms with Crippen molar-refractivity contribution in [1.82, 2.24) is 9.97 Å². The lowest BCUT2D eigenvalue weighted by atomic mass is 10.1. The lowest BCUT2D eigenvalue weighted by Gasteiger charge is -2.12. The minimum atomic E-state index is -0.745. The van der Waals surface area contributed by atoms with Crippen LogP contribution in [-0.2, 0) is 4.74 Å². The van der Waals surface area contributed by atoms with Gasteiger partial charge in [0.25, 0.3) is 5.56 Å². The Balaban J connectivity index is 0.000000367. The summed E-state index contributed by atoms with van der Waals surface area (Å²) in [7, 11) is 0. The normalized spacial score (nSPS) is 16.5. The third kappa shape index (κ3) is 5.45. The molecule has 1 aromatic carbocycles. The zero-order chi connectivity index (χ0) is 21.5. The van der Waals surface area contributed by atoms with Gasteiger partial charge in [0.2, 0.25) is 0 Å². The number of rotatable bonds is 3. The molecule has 1 aromatic heterocycles. The first-order valence-corrected chi connectivity index (χ1v) is 10.3. The molecule has 0 unspecified atom stereocenters. The predicted molar refractivity (Wildman–Crippen MR) is 112 cm³/mol. The average Bonchev–Trinajstić information content (AvgIpc) is 3.42. The summed E-state index contributed by atoms with van der Waals surface area (Å²) in [6.45, 7) is 0. The van der Waals surface area contributed by atoms with E-state index >= 15 is 0 Å². The number of anilines is 1. The maximum absolute atomic E-state index is 12.3. The molecule has 0 spiro atoms. The monoisotopic (exact) mass is 410 g/mol. The van der Waals surface area contributed by atoms with Crippen LogP contribution in [0.2, 0.25) is 0 Å². The number of carbonyl (C=O) groups is 1. The summed E-state index contributed by atoms with van der Waals surface area (Å²) >= 11 is 0. The SMILES string of the molecule is N#Cc1cccc(-c2nc(N)c(C(=O)OC3CCCC3)c(=O)[nH]2)c1.OC1CCCC1. The number of ether oxygens (including phenoxy) is 1. The molecule has 1 heterocycles. The van der Waals surface area contributed by atoms with Crippen LogP contribution in [0.3, 0.4) is 0 Å². The van der Waals surface area contributed by atoms with Crippen LogP contribution in [0.5, 0.6) is 0 Å². The Kier molecular flexibility index (Phi) is 7.20. The molecule has 0 bridgehead atoms. The number of nitrogen functional groups attached to an aromatic ring is 1. The van der Waals surface area contributed by atoms with Gasteiger partial charge in [-0.05, 0) is 50.7 Å². The van der Waals surface area contributed by atoms with Crippen LogP contribution in [0.25, 0.3) is 11.4 Å². The number of aliphatic hydroxyl groups is 1. The second-order valence-electron chi connectivity index (χ2n) is 7.62. The van der Waals surface area contributed by atoms with Crippen molar-refractivity contribution >= 4 is 11.8 Å². The van der Waals surface area contributed by atoms with E-state index in [4.69, 9.17) is 20.8 Å². The number of hydrogen-bond donors (Lipinski definition) is 3. The standard InChI is InChI=1S/C17H16N4O3.C5H10O/c18-9-10-4-3-5-11(8-10)15-20-14(19)13(16(22)21-15)17(23)24-12-6-1-2-7-12;6-5-3-1-2-4-5/h3-5,8,12H,1-2,6-7H2,(H3,19,20,21,22);5-6H,1-4H2. The van der Waals surface area contributed by atoms with E-state index in [0.717, 1.165) is 38.5 Å². The fraction of sp³-hybridized carbons (Fsp3) is 0.455. The lowest BCUT2D eigenvalue weighted by Crippen LogP contribution is -2.26. The van der Waals surface area contributed by atoms with Crippen molar-refractivity contribution in [2.24, 2.45) is 0 Å². The molecule has 0 radical (unpaired) electrons. The Morgan fingerprint density at radius 2 is 1.87 bits per heavy atom. The number of benzene rings is 1. The van der Waals surface area contributed by atoms with Gasteiger partial charge < -0.3 is 20.6 Å². The highest BCUT2D eigenvalue weighted by Crippen LogP contribution is 2.23. The van der Waals surface area contributed by atoms with Gasteiger partial charge in [-0.1, -0.05) is 25.0 Å². The number of H-pyrrole nitrogens is 1. The van der Waals surface area contributed by atoms with Crippen molar-refractivity contribution in [2.75, 3.05) is 5.73 Å². The number of aromatic nitrogens is 2. The number of hydrogen-bond acceptors (Lipinski definition) is 7. The van der Waals surface area contributed by atoms with Crippen LogP contribution in [0.4, 0.5) is 5.82 Å². The van der Waals surface area contributed by atoms with Crippen LogP contribution in [0, 0.1) is 11.3 Å². The molecule has 0 aliphatic heterocycles. The van der Waals surface area contributed by atoms with E-state index in [1.165, 1.54) is 12.8 Å². The van der Waals surface area contributed by atoms with Crippen LogP contribution >= 0.6 is 0 Å². The van der Waals surface area contributed by atoms with Crippen LogP contribution in [-0.4, -0.2) is 33.3 Å². The molecule has 0 amide bonds. The summed E-state index contributed by atoms with van der Waals surface area (Å²) in [5.74, 6) is -0.725. The van der Waals surface area contributed by atoms with Crippen molar-refractivity contribution < 1.29 is 14.6 Å². The van der Waals surface area contributed by atoms with Gasteiger partial charge in [-0.25, -0.2) is 9.78 Å². The molecule has 0 saturated heterocycles. The van der Waals surface area contributed by atoms with Gasteiger partial charge in [-0.2, -0.15) is 5.26 Å². The second-order valence-corrected chi connectivity index (χ2v) is 7.62. The topological polar surface area (TPSA) is 142 Å². The third-order valence-electron chi connectivity index (χ3n) is 5.32. The summed E-state index contributed by atoms with van der Waals surface area (Å²) in [6.07, 6.45) is 8.06. The molecular formula is C22H26N4O4. The zero-order valence-electron chi connectivity index (χ0n) is 16.8. The van der Waals surface area contributed by atoms with Gasteiger partial charge in [-0.3, -0.25) is 4.79 Å². The molecule has 2 saturated carbocycles.